The van der Waals surface area contributed by atoms with Crippen LogP contribution in [0, 0.1) is 64.6 Å². The van der Waals surface area contributed by atoms with Crippen LogP contribution in [0.5, 0.6) is 0 Å². The molecule has 0 saturated heterocycles. The summed E-state index contributed by atoms with van der Waals surface area (Å²) < 4.78 is 30.8. The van der Waals surface area contributed by atoms with Crippen LogP contribution < -0.4 is 0 Å². The fourth-order valence-electron chi connectivity index (χ4n) is 13.8. The zero-order valence-electron chi connectivity index (χ0n) is 35.5. The molecule has 7 atom stereocenters. The number of carbonyl (C=O) groups excluding carboxylic acids is 8. The van der Waals surface area contributed by atoms with Gasteiger partial charge in [-0.3, -0.25) is 24.0 Å². The number of alkyl halides is 3. The summed E-state index contributed by atoms with van der Waals surface area (Å²) in [6.45, 7) is 2.88. The van der Waals surface area contributed by atoms with Crippen molar-refractivity contribution in [2.75, 3.05) is 37.5 Å². The van der Waals surface area contributed by atoms with Gasteiger partial charge in [-0.05, 0) is 146 Å². The maximum atomic E-state index is 12.2. The summed E-state index contributed by atoms with van der Waals surface area (Å²) in [4.78, 5) is 92.6. The lowest BCUT2D eigenvalue weighted by molar-refractivity contribution is -0.202. The SMILES string of the molecule is CC(C)(OC(=O)COC(=O)CCl)C12CC3CC(CC(C3)C1)C2.O=C(CCl)OCC(=O)OC12CC3CC(C1)C(=O)C(C3)C2.O=C(CCl)OCC(=O)OC1C2CC3CC(C2)C(=O)C1C3. The molecule has 0 aliphatic heterocycles. The number of ether oxygens (including phenoxy) is 6. The number of halogens is 3. The molecule has 344 valence electrons. The largest absolute Gasteiger partial charge is 0.459 e. The predicted molar refractivity (Wildman–Crippen MR) is 221 cm³/mol. The molecule has 0 aromatic carbocycles. The third-order valence-electron chi connectivity index (χ3n) is 15.7. The Balaban J connectivity index is 0.000000140. The van der Waals surface area contributed by atoms with E-state index in [0.717, 1.165) is 62.7 Å². The van der Waals surface area contributed by atoms with Crippen molar-refractivity contribution < 1.29 is 66.8 Å². The molecule has 0 spiro atoms. The molecular weight excluding hydrogens is 871 g/mol. The molecule has 12 fully saturated rings. The number of esters is 6. The maximum Gasteiger partial charge on any atom is 0.344 e. The number of carbonyl (C=O) groups is 8. The summed E-state index contributed by atoms with van der Waals surface area (Å²) in [6.07, 6.45) is 15.0. The van der Waals surface area contributed by atoms with E-state index in [2.05, 4.69) is 9.47 Å². The van der Waals surface area contributed by atoms with Gasteiger partial charge in [-0.15, -0.1) is 34.8 Å². The van der Waals surface area contributed by atoms with E-state index < -0.39 is 60.2 Å². The molecule has 0 heterocycles. The minimum absolute atomic E-state index is 0.0550. The van der Waals surface area contributed by atoms with E-state index in [1.807, 2.05) is 13.8 Å². The first kappa shape index (κ1) is 47.0. The van der Waals surface area contributed by atoms with Crippen LogP contribution in [0.3, 0.4) is 0 Å². The Hall–Kier alpha value is -2.97. The molecule has 0 aromatic rings. The van der Waals surface area contributed by atoms with Gasteiger partial charge < -0.3 is 28.4 Å². The van der Waals surface area contributed by atoms with Crippen LogP contribution in [0.1, 0.15) is 110 Å². The average Bonchev–Trinajstić information content (AvgIpc) is 3.22. The smallest absolute Gasteiger partial charge is 0.344 e. The van der Waals surface area contributed by atoms with Crippen LogP contribution in [0.25, 0.3) is 0 Å². The van der Waals surface area contributed by atoms with Gasteiger partial charge in [0.05, 0.1) is 5.92 Å². The van der Waals surface area contributed by atoms with Gasteiger partial charge in [-0.1, -0.05) is 0 Å². The van der Waals surface area contributed by atoms with Gasteiger partial charge in [0.15, 0.2) is 19.8 Å². The number of ketones is 2. The second-order valence-corrected chi connectivity index (χ2v) is 21.0. The number of hydrogen-bond donors (Lipinski definition) is 0. The number of hydrogen-bond acceptors (Lipinski definition) is 14. The van der Waals surface area contributed by atoms with E-state index in [9.17, 15) is 38.4 Å². The summed E-state index contributed by atoms with van der Waals surface area (Å²) in [6, 6.07) is 0. The van der Waals surface area contributed by atoms with Crippen LogP contribution in [0.15, 0.2) is 0 Å². The predicted octanol–water partition coefficient (Wildman–Crippen LogP) is 6.08. The van der Waals surface area contributed by atoms with Crippen molar-refractivity contribution in [1.29, 1.82) is 0 Å². The molecular formula is C45H59Cl3O14. The lowest BCUT2D eigenvalue weighted by Gasteiger charge is -2.61. The van der Waals surface area contributed by atoms with Crippen LogP contribution in [0.2, 0.25) is 0 Å². The van der Waals surface area contributed by atoms with E-state index in [-0.39, 0.29) is 65.2 Å². The van der Waals surface area contributed by atoms with Crippen molar-refractivity contribution in [3.05, 3.63) is 0 Å². The number of rotatable bonds is 13. The first-order valence-electron chi connectivity index (χ1n) is 22.3. The standard InChI is InChI=1S/C17H25ClO4.2C14H17ClO5/c1-16(2,22-15(20)10-21-14(19)9-18)17-6-11-3-12(7-17)5-13(4-11)8-17;15-6-11(16)19-7-12(17)20-14-3-8-1-9(4-14)13(18)10(2-8)5-14;15-5-11(16)19-6-12(17)20-14-9-2-7-1-8(4-9)13(18)10(14)3-7/h11-13H,3-10H2,1-2H3;8-10H,1-7H2;7-10,14H,1-6H2. The van der Waals surface area contributed by atoms with E-state index in [0.29, 0.717) is 36.4 Å². The summed E-state index contributed by atoms with van der Waals surface area (Å²) in [7, 11) is 0. The molecule has 14 nitrogen and oxygen atoms in total. The van der Waals surface area contributed by atoms with E-state index in [1.165, 1.54) is 38.5 Å². The molecule has 12 bridgehead atoms. The fourth-order valence-corrected chi connectivity index (χ4v) is 14.1. The van der Waals surface area contributed by atoms with Crippen molar-refractivity contribution in [1.82, 2.24) is 0 Å². The molecule has 17 heteroatoms. The van der Waals surface area contributed by atoms with Crippen LogP contribution in [0.4, 0.5) is 0 Å². The second kappa shape index (κ2) is 19.2. The van der Waals surface area contributed by atoms with Gasteiger partial charge in [0, 0.05) is 23.2 Å². The van der Waals surface area contributed by atoms with Crippen molar-refractivity contribution in [3.8, 4) is 0 Å². The van der Waals surface area contributed by atoms with Gasteiger partial charge in [0.1, 0.15) is 46.5 Å². The molecule has 12 aliphatic carbocycles. The Morgan fingerprint density at radius 2 is 1.02 bits per heavy atom. The summed E-state index contributed by atoms with van der Waals surface area (Å²) in [5.74, 6) is 0.278. The molecule has 0 N–H and O–H groups in total. The molecule has 12 saturated carbocycles. The van der Waals surface area contributed by atoms with Gasteiger partial charge >= 0.3 is 35.8 Å². The van der Waals surface area contributed by atoms with E-state index in [1.54, 1.807) is 0 Å². The topological polar surface area (TPSA) is 192 Å². The van der Waals surface area contributed by atoms with E-state index in [4.69, 9.17) is 53.8 Å². The molecule has 12 rings (SSSR count). The zero-order valence-corrected chi connectivity index (χ0v) is 37.8. The zero-order chi connectivity index (χ0) is 44.6. The highest BCUT2D eigenvalue weighted by atomic mass is 35.5. The first-order valence-corrected chi connectivity index (χ1v) is 23.9. The molecule has 0 amide bonds. The highest BCUT2D eigenvalue weighted by Crippen LogP contribution is 2.64. The Kier molecular flexibility index (Phi) is 14.6. The lowest BCUT2D eigenvalue weighted by Crippen LogP contribution is -2.57. The van der Waals surface area contributed by atoms with Gasteiger partial charge in [0.25, 0.3) is 0 Å². The van der Waals surface area contributed by atoms with Gasteiger partial charge in [-0.25, -0.2) is 14.4 Å². The average molecular weight is 930 g/mol. The number of Topliss-reactive ketones (excluding diaryl/α,β-unsaturated/α-hetero) is 2. The third-order valence-corrected chi connectivity index (χ3v) is 16.3. The summed E-state index contributed by atoms with van der Waals surface area (Å²) >= 11 is 15.9. The van der Waals surface area contributed by atoms with Crippen molar-refractivity contribution >= 4 is 82.2 Å². The Bertz CT molecular complexity index is 1730. The third kappa shape index (κ3) is 10.4. The second-order valence-electron chi connectivity index (χ2n) is 20.2. The normalized spacial score (nSPS) is 37.3. The summed E-state index contributed by atoms with van der Waals surface area (Å²) in [5, 5.41) is 0. The summed E-state index contributed by atoms with van der Waals surface area (Å²) in [5.41, 5.74) is -0.907. The van der Waals surface area contributed by atoms with Gasteiger partial charge in [-0.2, -0.15) is 0 Å². The molecule has 12 aliphatic rings. The minimum Gasteiger partial charge on any atom is -0.459 e. The molecule has 0 radical (unpaired) electrons. The highest BCUT2D eigenvalue weighted by molar-refractivity contribution is 6.27. The monoisotopic (exact) mass is 928 g/mol. The van der Waals surface area contributed by atoms with Crippen molar-refractivity contribution in [3.63, 3.8) is 0 Å². The Labute approximate surface area is 377 Å². The maximum absolute atomic E-state index is 12.2. The van der Waals surface area contributed by atoms with Crippen molar-refractivity contribution in [2.45, 2.75) is 127 Å². The fraction of sp³-hybridized carbons (Fsp3) is 0.822. The molecule has 7 unspecified atom stereocenters. The van der Waals surface area contributed by atoms with E-state index >= 15 is 0 Å². The first-order chi connectivity index (χ1) is 29.4. The van der Waals surface area contributed by atoms with Gasteiger partial charge in [0.2, 0.25) is 0 Å². The Morgan fingerprint density at radius 3 is 1.55 bits per heavy atom. The van der Waals surface area contributed by atoms with Crippen LogP contribution in [-0.2, 0) is 66.8 Å². The lowest BCUT2D eigenvalue weighted by atomic mass is 9.46. The van der Waals surface area contributed by atoms with Crippen molar-refractivity contribution in [2.24, 2.45) is 64.6 Å². The molecule has 62 heavy (non-hydrogen) atoms. The highest BCUT2D eigenvalue weighted by Gasteiger charge is 2.60. The minimum atomic E-state index is -0.648. The van der Waals surface area contributed by atoms with Crippen LogP contribution >= 0.6 is 34.8 Å². The van der Waals surface area contributed by atoms with Crippen LogP contribution in [-0.4, -0.2) is 102 Å². The quantitative estimate of drug-likeness (QED) is 0.117. The molecule has 0 aromatic heterocycles. The Morgan fingerprint density at radius 1 is 0.532 bits per heavy atom.